The first-order chi connectivity index (χ1) is 20.9. The third kappa shape index (κ3) is 8.36. The van der Waals surface area contributed by atoms with E-state index in [1.54, 1.807) is 26.2 Å². The molecule has 4 aromatic carbocycles. The van der Waals surface area contributed by atoms with Crippen LogP contribution in [0.25, 0.3) is 23.3 Å². The Kier molecular flexibility index (Phi) is 10.7. The van der Waals surface area contributed by atoms with E-state index in [1.807, 2.05) is 97.1 Å². The van der Waals surface area contributed by atoms with Crippen molar-refractivity contribution in [1.82, 2.24) is 10.6 Å². The fraction of sp³-hybridized carbons (Fsp3) is 0.167. The monoisotopic (exact) mass is 576 g/mol. The maximum absolute atomic E-state index is 12.4. The predicted octanol–water partition coefficient (Wildman–Crippen LogP) is 6.39. The molecule has 0 saturated carbocycles. The number of nitrogens with one attached hydrogen (secondary N) is 2. The highest BCUT2D eigenvalue weighted by molar-refractivity contribution is 5.97. The molecule has 0 spiro atoms. The molecule has 0 amide bonds. The summed E-state index contributed by atoms with van der Waals surface area (Å²) in [5.74, 6) is 0.684. The Morgan fingerprint density at radius 1 is 0.651 bits per heavy atom. The lowest BCUT2D eigenvalue weighted by Crippen LogP contribution is -2.17. The average Bonchev–Trinajstić information content (AvgIpc) is 3.05. The lowest BCUT2D eigenvalue weighted by atomic mass is 9.98. The number of rotatable bonds is 13. The van der Waals surface area contributed by atoms with Crippen molar-refractivity contribution in [2.24, 2.45) is 0 Å². The second-order valence-corrected chi connectivity index (χ2v) is 9.72. The first-order valence-electron chi connectivity index (χ1n) is 13.9. The van der Waals surface area contributed by atoms with Crippen LogP contribution in [0.2, 0.25) is 0 Å². The zero-order chi connectivity index (χ0) is 30.6. The number of ether oxygens (including phenoxy) is 3. The van der Waals surface area contributed by atoms with Crippen molar-refractivity contribution in [3.8, 4) is 22.6 Å². The molecule has 2 N–H and O–H groups in total. The van der Waals surface area contributed by atoms with Crippen molar-refractivity contribution in [2.45, 2.75) is 20.1 Å². The van der Waals surface area contributed by atoms with Gasteiger partial charge in [0.05, 0.1) is 12.8 Å². The Morgan fingerprint density at radius 2 is 1.09 bits per heavy atom. The number of ketones is 1. The molecule has 0 aliphatic heterocycles. The van der Waals surface area contributed by atoms with Crippen LogP contribution >= 0.6 is 0 Å². The highest BCUT2D eigenvalue weighted by Gasteiger charge is 2.14. The predicted molar refractivity (Wildman–Crippen MR) is 170 cm³/mol. The lowest BCUT2D eigenvalue weighted by Gasteiger charge is -2.15. The molecule has 43 heavy (non-hydrogen) atoms. The van der Waals surface area contributed by atoms with E-state index in [4.69, 9.17) is 14.2 Å². The van der Waals surface area contributed by atoms with Gasteiger partial charge in [0.2, 0.25) is 0 Å². The number of carbonyl (C=O) groups is 2. The number of carbonyl (C=O) groups excluding carboxylic acids is 2. The summed E-state index contributed by atoms with van der Waals surface area (Å²) in [5.41, 5.74) is 6.04. The minimum atomic E-state index is -0.488. The van der Waals surface area contributed by atoms with Gasteiger partial charge >= 0.3 is 5.97 Å². The SMILES string of the molecule is CN/C(=C\c1cc(-c2ccc(OCc3ccccc3)c(/C=C(\NC)C(=O)OC)c2)ccc1OCc1ccccc1)C(C)=O. The summed E-state index contributed by atoms with van der Waals surface area (Å²) in [6.07, 6.45) is 3.50. The molecular weight excluding hydrogens is 540 g/mol. The van der Waals surface area contributed by atoms with Crippen molar-refractivity contribution in [3.63, 3.8) is 0 Å². The molecule has 0 atom stereocenters. The molecule has 220 valence electrons. The van der Waals surface area contributed by atoms with Gasteiger partial charge in [-0.25, -0.2) is 4.79 Å². The van der Waals surface area contributed by atoms with Gasteiger partial charge in [0.1, 0.15) is 30.4 Å². The third-order valence-corrected chi connectivity index (χ3v) is 6.75. The molecule has 0 radical (unpaired) electrons. The van der Waals surface area contributed by atoms with Crippen molar-refractivity contribution < 1.29 is 23.8 Å². The van der Waals surface area contributed by atoms with E-state index in [9.17, 15) is 9.59 Å². The number of Topliss-reactive ketones (excluding diaryl/α,β-unsaturated/α-hetero) is 1. The number of hydrogen-bond acceptors (Lipinski definition) is 7. The Hall–Kier alpha value is -5.30. The summed E-state index contributed by atoms with van der Waals surface area (Å²) >= 11 is 0. The van der Waals surface area contributed by atoms with Gasteiger partial charge < -0.3 is 24.8 Å². The highest BCUT2D eigenvalue weighted by Crippen LogP contribution is 2.33. The number of benzene rings is 4. The number of hydrogen-bond donors (Lipinski definition) is 2. The molecule has 7 heteroatoms. The van der Waals surface area contributed by atoms with Crippen LogP contribution in [0, 0.1) is 0 Å². The van der Waals surface area contributed by atoms with E-state index in [1.165, 1.54) is 14.0 Å². The Labute approximate surface area is 252 Å². The van der Waals surface area contributed by atoms with Crippen LogP contribution in [-0.4, -0.2) is 33.0 Å². The Morgan fingerprint density at radius 3 is 1.49 bits per heavy atom. The quantitative estimate of drug-likeness (QED) is 0.141. The van der Waals surface area contributed by atoms with Crippen LogP contribution in [0.5, 0.6) is 11.5 Å². The van der Waals surface area contributed by atoms with Gasteiger partial charge in [0, 0.05) is 32.1 Å². The zero-order valence-electron chi connectivity index (χ0n) is 24.8. The molecular formula is C36H36N2O5. The van der Waals surface area contributed by atoms with Gasteiger partial charge in [0.15, 0.2) is 5.78 Å². The molecule has 0 bridgehead atoms. The van der Waals surface area contributed by atoms with Gasteiger partial charge in [-0.3, -0.25) is 4.79 Å². The van der Waals surface area contributed by atoms with E-state index >= 15 is 0 Å². The summed E-state index contributed by atoms with van der Waals surface area (Å²) in [5, 5.41) is 5.89. The third-order valence-electron chi connectivity index (χ3n) is 6.75. The van der Waals surface area contributed by atoms with E-state index in [2.05, 4.69) is 10.6 Å². The molecule has 0 unspecified atom stereocenters. The van der Waals surface area contributed by atoms with Crippen LogP contribution in [0.1, 0.15) is 29.2 Å². The van der Waals surface area contributed by atoms with Crippen LogP contribution < -0.4 is 20.1 Å². The summed E-state index contributed by atoms with van der Waals surface area (Å²) < 4.78 is 17.3. The Balaban J connectivity index is 1.75. The summed E-state index contributed by atoms with van der Waals surface area (Å²) in [6.45, 7) is 2.27. The molecule has 4 aromatic rings. The second kappa shape index (κ2) is 15.1. The van der Waals surface area contributed by atoms with Crippen LogP contribution in [0.15, 0.2) is 108 Å². The topological polar surface area (TPSA) is 85.9 Å². The first kappa shape index (κ1) is 30.7. The minimum absolute atomic E-state index is 0.0864. The van der Waals surface area contributed by atoms with Crippen molar-refractivity contribution in [1.29, 1.82) is 0 Å². The van der Waals surface area contributed by atoms with Crippen LogP contribution in [-0.2, 0) is 27.5 Å². The van der Waals surface area contributed by atoms with Crippen LogP contribution in [0.3, 0.4) is 0 Å². The molecule has 4 rings (SSSR count). The fourth-order valence-corrected chi connectivity index (χ4v) is 4.42. The number of allylic oxidation sites excluding steroid dienone is 1. The van der Waals surface area contributed by atoms with Crippen molar-refractivity contribution >= 4 is 23.9 Å². The summed E-state index contributed by atoms with van der Waals surface area (Å²) in [6, 6.07) is 31.4. The Bertz CT molecular complexity index is 1610. The molecule has 7 nitrogen and oxygen atoms in total. The van der Waals surface area contributed by atoms with Gasteiger partial charge in [-0.15, -0.1) is 0 Å². The maximum Gasteiger partial charge on any atom is 0.354 e. The van der Waals surface area contributed by atoms with Gasteiger partial charge in [-0.1, -0.05) is 72.8 Å². The largest absolute Gasteiger partial charge is 0.488 e. The van der Waals surface area contributed by atoms with E-state index in [-0.39, 0.29) is 11.5 Å². The lowest BCUT2D eigenvalue weighted by molar-refractivity contribution is -0.136. The number of esters is 1. The van der Waals surface area contributed by atoms with E-state index < -0.39 is 5.97 Å². The van der Waals surface area contributed by atoms with Gasteiger partial charge in [-0.2, -0.15) is 0 Å². The molecule has 0 fully saturated rings. The minimum Gasteiger partial charge on any atom is -0.488 e. The van der Waals surface area contributed by atoms with E-state index in [0.29, 0.717) is 36.0 Å². The molecule has 0 saturated heterocycles. The standard InChI is InChI=1S/C36H36N2O5/c1-25(39)32(37-2)21-30-19-28(15-17-34(30)42-23-26-11-7-5-8-12-26)29-16-18-35(43-24-27-13-9-6-10-14-27)31(20-29)22-33(38-3)36(40)41-4/h5-22,37-38H,23-24H2,1-4H3/b32-21-,33-22-. The first-order valence-corrected chi connectivity index (χ1v) is 13.9. The van der Waals surface area contributed by atoms with Crippen LogP contribution in [0.4, 0.5) is 0 Å². The summed E-state index contributed by atoms with van der Waals surface area (Å²) in [4.78, 5) is 24.6. The smallest absolute Gasteiger partial charge is 0.354 e. The average molecular weight is 577 g/mol. The summed E-state index contributed by atoms with van der Waals surface area (Å²) in [7, 11) is 4.72. The number of likely N-dealkylation sites (N-methyl/N-ethyl adjacent to an activating group) is 2. The van der Waals surface area contributed by atoms with Gasteiger partial charge in [-0.05, 0) is 58.7 Å². The maximum atomic E-state index is 12.4. The van der Waals surface area contributed by atoms with E-state index in [0.717, 1.165) is 27.8 Å². The van der Waals surface area contributed by atoms with Gasteiger partial charge in [0.25, 0.3) is 0 Å². The highest BCUT2D eigenvalue weighted by atomic mass is 16.5. The normalized spacial score (nSPS) is 11.4. The molecule has 0 aliphatic rings. The molecule has 0 aliphatic carbocycles. The zero-order valence-corrected chi connectivity index (χ0v) is 24.8. The number of methoxy groups -OCH3 is 1. The fourth-order valence-electron chi connectivity index (χ4n) is 4.42. The molecule has 0 heterocycles. The van der Waals surface area contributed by atoms with Crippen molar-refractivity contribution in [2.75, 3.05) is 21.2 Å². The van der Waals surface area contributed by atoms with Crippen molar-refractivity contribution in [3.05, 3.63) is 131 Å². The molecule has 0 aromatic heterocycles. The second-order valence-electron chi connectivity index (χ2n) is 9.72.